The maximum Gasteiger partial charge on any atom is 0.253 e. The molecule has 3 rings (SSSR count). The molecule has 2 aliphatic heterocycles. The zero-order valence-corrected chi connectivity index (χ0v) is 15.8. The molecule has 5 N–H and O–H groups in total. The first-order valence-corrected chi connectivity index (χ1v) is 9.20. The maximum absolute atomic E-state index is 11.8. The molecule has 0 aromatic heterocycles. The summed E-state index contributed by atoms with van der Waals surface area (Å²) >= 11 is 0. The molecule has 2 unspecified atom stereocenters. The largest absolute Gasteiger partial charge is 0.384 e. The molecule has 0 saturated carbocycles. The highest BCUT2D eigenvalue weighted by Crippen LogP contribution is 2.32. The number of anilines is 1. The number of rotatable bonds is 6. The van der Waals surface area contributed by atoms with Gasteiger partial charge in [-0.15, -0.1) is 0 Å². The Bertz CT molecular complexity index is 808. The van der Waals surface area contributed by atoms with Crippen LogP contribution in [0.15, 0.2) is 36.0 Å². The van der Waals surface area contributed by atoms with Gasteiger partial charge in [0.2, 0.25) is 0 Å². The summed E-state index contributed by atoms with van der Waals surface area (Å²) in [5.41, 5.74) is 7.33. The molecule has 148 valence electrons. The van der Waals surface area contributed by atoms with Crippen LogP contribution in [0.25, 0.3) is 0 Å². The maximum atomic E-state index is 11.8. The van der Waals surface area contributed by atoms with E-state index < -0.39 is 5.91 Å². The Morgan fingerprint density at radius 1 is 1.36 bits per heavy atom. The van der Waals surface area contributed by atoms with Crippen LogP contribution in [-0.2, 0) is 19.7 Å². The standard InChI is InChI=1S/C20H25N5O3/c1-20(11-28-12-20)14-2-4-15(5-3-14)25-18(22)16(19(23)26)9-24-17-10-27-7-6-13(17)8-21/h2-5,9,13,17,24H,6-7,10-12H2,1H3,(H2,22,25)(H2,23,26)/b16-9+. The molecule has 1 amide bonds. The van der Waals surface area contributed by atoms with Crippen molar-refractivity contribution in [2.75, 3.05) is 31.7 Å². The minimum atomic E-state index is -0.731. The average molecular weight is 383 g/mol. The Kier molecular flexibility index (Phi) is 5.97. The third-order valence-corrected chi connectivity index (χ3v) is 5.19. The second-order valence-corrected chi connectivity index (χ2v) is 7.43. The smallest absolute Gasteiger partial charge is 0.253 e. The number of amides is 1. The lowest BCUT2D eigenvalue weighted by Crippen LogP contribution is -2.43. The first kappa shape index (κ1) is 19.9. The van der Waals surface area contributed by atoms with Crippen LogP contribution < -0.4 is 16.4 Å². The number of amidine groups is 1. The van der Waals surface area contributed by atoms with Crippen molar-refractivity contribution >= 4 is 17.4 Å². The Morgan fingerprint density at radius 3 is 2.64 bits per heavy atom. The van der Waals surface area contributed by atoms with Crippen molar-refractivity contribution in [1.82, 2.24) is 5.32 Å². The van der Waals surface area contributed by atoms with E-state index in [1.54, 1.807) is 0 Å². The first-order chi connectivity index (χ1) is 13.4. The van der Waals surface area contributed by atoms with E-state index in [9.17, 15) is 10.1 Å². The third kappa shape index (κ3) is 4.32. The average Bonchev–Trinajstić information content (AvgIpc) is 2.67. The van der Waals surface area contributed by atoms with Crippen LogP contribution in [-0.4, -0.2) is 44.2 Å². The Labute approximate surface area is 164 Å². The van der Waals surface area contributed by atoms with Gasteiger partial charge in [-0.2, -0.15) is 5.26 Å². The van der Waals surface area contributed by atoms with Crippen LogP contribution in [0.2, 0.25) is 0 Å². The molecule has 1 aromatic rings. The summed E-state index contributed by atoms with van der Waals surface area (Å²) in [5.74, 6) is -1.06. The summed E-state index contributed by atoms with van der Waals surface area (Å²) < 4.78 is 10.7. The van der Waals surface area contributed by atoms with Gasteiger partial charge < -0.3 is 25.8 Å². The zero-order valence-electron chi connectivity index (χ0n) is 15.8. The summed E-state index contributed by atoms with van der Waals surface area (Å²) in [6.07, 6.45) is 2.02. The fourth-order valence-corrected chi connectivity index (χ4v) is 3.26. The molecular formula is C20H25N5O3. The second kappa shape index (κ2) is 8.42. The van der Waals surface area contributed by atoms with Crippen molar-refractivity contribution in [3.8, 4) is 6.07 Å². The quantitative estimate of drug-likeness (QED) is 0.332. The van der Waals surface area contributed by atoms with Crippen LogP contribution in [0.5, 0.6) is 0 Å². The summed E-state index contributed by atoms with van der Waals surface area (Å²) in [7, 11) is 0. The molecule has 2 heterocycles. The minimum Gasteiger partial charge on any atom is -0.384 e. The van der Waals surface area contributed by atoms with Gasteiger partial charge in [-0.1, -0.05) is 19.1 Å². The molecule has 2 atom stereocenters. The lowest BCUT2D eigenvalue weighted by atomic mass is 9.81. The summed E-state index contributed by atoms with van der Waals surface area (Å²) in [6, 6.07) is 9.69. The van der Waals surface area contributed by atoms with Gasteiger partial charge in [0.25, 0.3) is 5.91 Å². The van der Waals surface area contributed by atoms with E-state index in [-0.39, 0.29) is 28.8 Å². The number of ether oxygens (including phenoxy) is 2. The molecule has 8 nitrogen and oxygen atoms in total. The number of hydrogen-bond donors (Lipinski definition) is 4. The minimum absolute atomic E-state index is 0.00527. The van der Waals surface area contributed by atoms with Crippen molar-refractivity contribution in [2.45, 2.75) is 24.8 Å². The Hall–Kier alpha value is -2.89. The van der Waals surface area contributed by atoms with Crippen LogP contribution in [0.1, 0.15) is 18.9 Å². The number of nitrogens with one attached hydrogen (secondary N) is 3. The summed E-state index contributed by atoms with van der Waals surface area (Å²) in [4.78, 5) is 11.8. The monoisotopic (exact) mass is 383 g/mol. The van der Waals surface area contributed by atoms with Gasteiger partial charge in [-0.3, -0.25) is 10.2 Å². The number of carbonyl (C=O) groups is 1. The first-order valence-electron chi connectivity index (χ1n) is 9.20. The van der Waals surface area contributed by atoms with Gasteiger partial charge >= 0.3 is 0 Å². The number of nitrogens with two attached hydrogens (primary N) is 1. The molecule has 28 heavy (non-hydrogen) atoms. The molecule has 0 bridgehead atoms. The van der Waals surface area contributed by atoms with E-state index >= 15 is 0 Å². The molecular weight excluding hydrogens is 358 g/mol. The lowest BCUT2D eigenvalue weighted by Gasteiger charge is -2.38. The number of nitrogens with zero attached hydrogens (tertiary/aromatic N) is 1. The molecule has 2 saturated heterocycles. The van der Waals surface area contributed by atoms with E-state index in [0.29, 0.717) is 38.5 Å². The van der Waals surface area contributed by atoms with E-state index in [1.807, 2.05) is 24.3 Å². The Morgan fingerprint density at radius 2 is 2.07 bits per heavy atom. The molecule has 2 fully saturated rings. The predicted octanol–water partition coefficient (Wildman–Crippen LogP) is 1.25. The van der Waals surface area contributed by atoms with Gasteiger partial charge in [0, 0.05) is 23.9 Å². The lowest BCUT2D eigenvalue weighted by molar-refractivity contribution is -0.114. The topological polar surface area (TPSA) is 133 Å². The Balaban J connectivity index is 1.66. The molecule has 2 aliphatic rings. The number of nitriles is 1. The number of primary amides is 1. The molecule has 0 spiro atoms. The van der Waals surface area contributed by atoms with Crippen molar-refractivity contribution in [3.05, 3.63) is 41.6 Å². The molecule has 0 radical (unpaired) electrons. The van der Waals surface area contributed by atoms with Crippen molar-refractivity contribution in [1.29, 1.82) is 10.7 Å². The van der Waals surface area contributed by atoms with Crippen LogP contribution in [0, 0.1) is 22.7 Å². The molecule has 0 aliphatic carbocycles. The van der Waals surface area contributed by atoms with E-state index in [4.69, 9.17) is 20.6 Å². The fourth-order valence-electron chi connectivity index (χ4n) is 3.26. The number of carbonyl (C=O) groups excluding carboxylic acids is 1. The molecule has 1 aromatic carbocycles. The third-order valence-electron chi connectivity index (χ3n) is 5.19. The second-order valence-electron chi connectivity index (χ2n) is 7.43. The highest BCUT2D eigenvalue weighted by molar-refractivity contribution is 6.23. The van der Waals surface area contributed by atoms with Crippen LogP contribution in [0.4, 0.5) is 5.69 Å². The van der Waals surface area contributed by atoms with Crippen LogP contribution >= 0.6 is 0 Å². The van der Waals surface area contributed by atoms with Crippen LogP contribution in [0.3, 0.4) is 0 Å². The predicted molar refractivity (Wildman–Crippen MR) is 105 cm³/mol. The summed E-state index contributed by atoms with van der Waals surface area (Å²) in [6.45, 7) is 4.45. The van der Waals surface area contributed by atoms with E-state index in [0.717, 1.165) is 0 Å². The van der Waals surface area contributed by atoms with Gasteiger partial charge in [-0.25, -0.2) is 0 Å². The van der Waals surface area contributed by atoms with E-state index in [2.05, 4.69) is 23.6 Å². The molecule has 8 heteroatoms. The van der Waals surface area contributed by atoms with Gasteiger partial charge in [0.1, 0.15) is 5.84 Å². The fraction of sp³-hybridized carbons (Fsp3) is 0.450. The normalized spacial score (nSPS) is 23.8. The van der Waals surface area contributed by atoms with E-state index in [1.165, 1.54) is 11.8 Å². The van der Waals surface area contributed by atoms with Crippen molar-refractivity contribution < 1.29 is 14.3 Å². The van der Waals surface area contributed by atoms with Crippen molar-refractivity contribution in [3.63, 3.8) is 0 Å². The highest BCUT2D eigenvalue weighted by atomic mass is 16.5. The highest BCUT2D eigenvalue weighted by Gasteiger charge is 2.35. The zero-order chi connectivity index (χ0) is 20.1. The van der Waals surface area contributed by atoms with Gasteiger partial charge in [0.05, 0.1) is 43.4 Å². The SMILES string of the molecule is CC1(c2ccc(NC(=N)/C(=C\NC3COCCC3C#N)C(N)=O)cc2)COC1. The number of hydrogen-bond acceptors (Lipinski definition) is 6. The number of benzene rings is 1. The van der Waals surface area contributed by atoms with Gasteiger partial charge in [-0.05, 0) is 24.1 Å². The summed E-state index contributed by atoms with van der Waals surface area (Å²) in [5, 5.41) is 23.3. The van der Waals surface area contributed by atoms with Gasteiger partial charge in [0.15, 0.2) is 0 Å². The van der Waals surface area contributed by atoms with Crippen molar-refractivity contribution in [2.24, 2.45) is 11.7 Å².